The van der Waals surface area contributed by atoms with Gasteiger partial charge in [0.15, 0.2) is 11.5 Å². The van der Waals surface area contributed by atoms with Gasteiger partial charge in [-0.1, -0.05) is 29.8 Å². The first-order valence-corrected chi connectivity index (χ1v) is 7.76. The predicted octanol–water partition coefficient (Wildman–Crippen LogP) is 2.45. The number of nitrogens with zero attached hydrogens (tertiary/aromatic N) is 1. The Hall–Kier alpha value is -2.89. The Morgan fingerprint density at radius 3 is 2.62 bits per heavy atom. The highest BCUT2D eigenvalue weighted by Crippen LogP contribution is 2.29. The van der Waals surface area contributed by atoms with Crippen LogP contribution in [0.1, 0.15) is 34.5 Å². The second-order valence-corrected chi connectivity index (χ2v) is 5.55. The molecule has 0 amide bonds. The third-order valence-electron chi connectivity index (χ3n) is 3.92. The summed E-state index contributed by atoms with van der Waals surface area (Å²) >= 11 is 0. The fourth-order valence-corrected chi connectivity index (χ4v) is 2.72. The van der Waals surface area contributed by atoms with Crippen LogP contribution in [0.4, 0.5) is 0 Å². The van der Waals surface area contributed by atoms with Crippen molar-refractivity contribution >= 4 is 17.5 Å². The quantitative estimate of drug-likeness (QED) is 0.674. The minimum Gasteiger partial charge on any atom is -0.461 e. The summed E-state index contributed by atoms with van der Waals surface area (Å²) in [6.45, 7) is 3.95. The number of aryl methyl sites for hydroxylation is 1. The van der Waals surface area contributed by atoms with Gasteiger partial charge in [-0.15, -0.1) is 0 Å². The Morgan fingerprint density at radius 1 is 1.25 bits per heavy atom. The van der Waals surface area contributed by atoms with Crippen molar-refractivity contribution in [3.8, 4) is 0 Å². The summed E-state index contributed by atoms with van der Waals surface area (Å²) in [5.41, 5.74) is 4.89. The van der Waals surface area contributed by atoms with Crippen molar-refractivity contribution in [2.24, 2.45) is 5.10 Å². The van der Waals surface area contributed by atoms with Gasteiger partial charge in [0.1, 0.15) is 6.04 Å². The van der Waals surface area contributed by atoms with Crippen LogP contribution in [0.2, 0.25) is 0 Å². The van der Waals surface area contributed by atoms with E-state index < -0.39 is 17.9 Å². The maximum Gasteiger partial charge on any atom is 0.355 e. The van der Waals surface area contributed by atoms with Crippen LogP contribution >= 0.6 is 0 Å². The molecule has 2 heterocycles. The summed E-state index contributed by atoms with van der Waals surface area (Å²) < 4.78 is 10.3. The molecule has 2 aromatic rings. The molecule has 124 valence electrons. The maximum absolute atomic E-state index is 12.7. The predicted molar refractivity (Wildman–Crippen MR) is 88.0 cm³/mol. The SMILES string of the molecule is CCOC(=O)C1=NNC(C(=O)c2ccco2)C1c1ccc(C)cc1. The number of carbonyl (C=O) groups is 2. The normalized spacial score (nSPS) is 19.5. The van der Waals surface area contributed by atoms with E-state index in [1.165, 1.54) is 6.26 Å². The summed E-state index contributed by atoms with van der Waals surface area (Å²) in [6, 6.07) is 10.2. The van der Waals surface area contributed by atoms with Gasteiger partial charge in [0.05, 0.1) is 18.8 Å². The van der Waals surface area contributed by atoms with Crippen molar-refractivity contribution in [2.75, 3.05) is 6.61 Å². The molecule has 3 rings (SSSR count). The summed E-state index contributed by atoms with van der Waals surface area (Å²) in [5, 5.41) is 4.08. The van der Waals surface area contributed by atoms with Crippen LogP contribution in [0.15, 0.2) is 52.2 Å². The zero-order valence-electron chi connectivity index (χ0n) is 13.5. The van der Waals surface area contributed by atoms with Crippen LogP contribution in [-0.2, 0) is 9.53 Å². The van der Waals surface area contributed by atoms with Gasteiger partial charge in [-0.2, -0.15) is 5.10 Å². The summed E-state index contributed by atoms with van der Waals surface area (Å²) in [5.74, 6) is -1.08. The lowest BCUT2D eigenvalue weighted by Gasteiger charge is -2.19. The Morgan fingerprint density at radius 2 is 2.00 bits per heavy atom. The van der Waals surface area contributed by atoms with E-state index in [1.807, 2.05) is 31.2 Å². The zero-order chi connectivity index (χ0) is 17.1. The smallest absolute Gasteiger partial charge is 0.355 e. The summed E-state index contributed by atoms with van der Waals surface area (Å²) in [7, 11) is 0. The number of hydrogen-bond donors (Lipinski definition) is 1. The van der Waals surface area contributed by atoms with Gasteiger partial charge in [0, 0.05) is 0 Å². The first-order valence-electron chi connectivity index (χ1n) is 7.76. The molecular weight excluding hydrogens is 308 g/mol. The maximum atomic E-state index is 12.7. The zero-order valence-corrected chi connectivity index (χ0v) is 13.5. The van der Waals surface area contributed by atoms with E-state index in [0.29, 0.717) is 0 Å². The molecule has 6 heteroatoms. The molecule has 2 atom stereocenters. The van der Waals surface area contributed by atoms with Crippen molar-refractivity contribution in [1.82, 2.24) is 5.43 Å². The first-order chi connectivity index (χ1) is 11.6. The van der Waals surface area contributed by atoms with Gasteiger partial charge in [-0.05, 0) is 31.5 Å². The Labute approximate surface area is 139 Å². The molecule has 1 N–H and O–H groups in total. The van der Waals surface area contributed by atoms with E-state index in [-0.39, 0.29) is 23.9 Å². The molecular formula is C18H18N2O4. The molecule has 0 fully saturated rings. The van der Waals surface area contributed by atoms with Crippen LogP contribution in [0, 0.1) is 6.92 Å². The van der Waals surface area contributed by atoms with Crippen molar-refractivity contribution in [1.29, 1.82) is 0 Å². The number of hydrazone groups is 1. The molecule has 1 aliphatic rings. The number of rotatable bonds is 5. The van der Waals surface area contributed by atoms with E-state index in [1.54, 1.807) is 19.1 Å². The third kappa shape index (κ3) is 2.95. The van der Waals surface area contributed by atoms with Crippen LogP contribution in [0.5, 0.6) is 0 Å². The number of hydrogen-bond acceptors (Lipinski definition) is 6. The molecule has 0 saturated heterocycles. The molecule has 0 radical (unpaired) electrons. The number of esters is 1. The molecule has 0 bridgehead atoms. The van der Waals surface area contributed by atoms with Gasteiger partial charge in [0.2, 0.25) is 5.78 Å². The third-order valence-corrected chi connectivity index (χ3v) is 3.92. The van der Waals surface area contributed by atoms with Crippen LogP contribution in [0.25, 0.3) is 0 Å². The molecule has 0 saturated carbocycles. The van der Waals surface area contributed by atoms with Crippen molar-refractivity contribution in [2.45, 2.75) is 25.8 Å². The Bertz CT molecular complexity index is 763. The molecule has 1 aromatic heterocycles. The highest BCUT2D eigenvalue weighted by molar-refractivity contribution is 6.40. The average Bonchev–Trinajstić information content (AvgIpc) is 3.25. The first kappa shape index (κ1) is 16.0. The minimum absolute atomic E-state index is 0.200. The fraction of sp³-hybridized carbons (Fsp3) is 0.278. The highest BCUT2D eigenvalue weighted by Gasteiger charge is 2.42. The topological polar surface area (TPSA) is 80.9 Å². The number of ether oxygens (including phenoxy) is 1. The number of Topliss-reactive ketones (excluding diaryl/α,β-unsaturated/α-hetero) is 1. The molecule has 2 unspecified atom stereocenters. The standard InChI is InChI=1S/C18H18N2O4/c1-3-23-18(22)16-14(12-8-6-11(2)7-9-12)15(19-20-16)17(21)13-5-4-10-24-13/h4-10,14-15,19H,3H2,1-2H3. The Balaban J connectivity index is 1.96. The number of carbonyl (C=O) groups excluding carboxylic acids is 2. The van der Waals surface area contributed by atoms with Crippen LogP contribution in [-0.4, -0.2) is 30.1 Å². The van der Waals surface area contributed by atoms with E-state index in [2.05, 4.69) is 10.5 Å². The van der Waals surface area contributed by atoms with E-state index in [4.69, 9.17) is 9.15 Å². The second-order valence-electron chi connectivity index (χ2n) is 5.55. The molecule has 24 heavy (non-hydrogen) atoms. The molecule has 1 aromatic carbocycles. The van der Waals surface area contributed by atoms with E-state index >= 15 is 0 Å². The van der Waals surface area contributed by atoms with Crippen molar-refractivity contribution < 1.29 is 18.7 Å². The van der Waals surface area contributed by atoms with Crippen molar-refractivity contribution in [3.05, 3.63) is 59.5 Å². The minimum atomic E-state index is -0.710. The van der Waals surface area contributed by atoms with Gasteiger partial charge in [-0.3, -0.25) is 10.2 Å². The molecule has 1 aliphatic heterocycles. The lowest BCUT2D eigenvalue weighted by Crippen LogP contribution is -2.37. The lowest BCUT2D eigenvalue weighted by molar-refractivity contribution is -0.135. The summed E-state index contributed by atoms with van der Waals surface area (Å²) in [6.07, 6.45) is 1.44. The summed E-state index contributed by atoms with van der Waals surface area (Å²) in [4.78, 5) is 24.9. The van der Waals surface area contributed by atoms with E-state index in [9.17, 15) is 9.59 Å². The number of nitrogens with one attached hydrogen (secondary N) is 1. The molecule has 6 nitrogen and oxygen atoms in total. The molecule has 0 aliphatic carbocycles. The number of benzene rings is 1. The fourth-order valence-electron chi connectivity index (χ4n) is 2.72. The van der Waals surface area contributed by atoms with Crippen molar-refractivity contribution in [3.63, 3.8) is 0 Å². The van der Waals surface area contributed by atoms with Gasteiger partial charge in [-0.25, -0.2) is 4.79 Å². The largest absolute Gasteiger partial charge is 0.461 e. The van der Waals surface area contributed by atoms with Crippen LogP contribution < -0.4 is 5.43 Å². The van der Waals surface area contributed by atoms with Gasteiger partial charge < -0.3 is 9.15 Å². The number of furan rings is 1. The lowest BCUT2D eigenvalue weighted by atomic mass is 9.85. The van der Waals surface area contributed by atoms with E-state index in [0.717, 1.165) is 11.1 Å². The van der Waals surface area contributed by atoms with Gasteiger partial charge in [0.25, 0.3) is 0 Å². The van der Waals surface area contributed by atoms with Crippen LogP contribution in [0.3, 0.4) is 0 Å². The average molecular weight is 326 g/mol. The molecule has 0 spiro atoms. The number of ketones is 1. The highest BCUT2D eigenvalue weighted by atomic mass is 16.5. The van der Waals surface area contributed by atoms with Gasteiger partial charge >= 0.3 is 5.97 Å². The monoisotopic (exact) mass is 326 g/mol. The second kappa shape index (κ2) is 6.70. The Kier molecular flexibility index (Phi) is 4.46.